The molecule has 2 aliphatic rings. The summed E-state index contributed by atoms with van der Waals surface area (Å²) in [6.45, 7) is 0.0420. The van der Waals surface area contributed by atoms with Gasteiger partial charge in [0.05, 0.1) is 24.3 Å². The molecular weight excluding hydrogens is 350 g/mol. The Morgan fingerprint density at radius 2 is 2.20 bits per heavy atom. The second-order valence-electron chi connectivity index (χ2n) is 6.21. The van der Waals surface area contributed by atoms with Crippen molar-refractivity contribution < 1.29 is 27.2 Å². The first-order chi connectivity index (χ1) is 11.8. The maximum absolute atomic E-state index is 12.3. The largest absolute Gasteiger partial charge is 0.467 e. The van der Waals surface area contributed by atoms with Crippen LogP contribution in [0.2, 0.25) is 0 Å². The number of rotatable bonds is 6. The van der Waals surface area contributed by atoms with Gasteiger partial charge in [0.25, 0.3) is 5.91 Å². The molecule has 0 aromatic carbocycles. The van der Waals surface area contributed by atoms with Crippen molar-refractivity contribution in [1.29, 1.82) is 0 Å². The molecular formula is C15H19N3O6S. The lowest BCUT2D eigenvalue weighted by Crippen LogP contribution is -2.37. The fourth-order valence-corrected chi connectivity index (χ4v) is 4.64. The van der Waals surface area contributed by atoms with Crippen LogP contribution in [0.15, 0.2) is 22.8 Å². The van der Waals surface area contributed by atoms with Gasteiger partial charge in [-0.1, -0.05) is 0 Å². The average Bonchev–Trinajstić information content (AvgIpc) is 3.22. The second-order valence-corrected chi connectivity index (χ2v) is 8.44. The zero-order valence-corrected chi connectivity index (χ0v) is 14.3. The maximum atomic E-state index is 12.3. The van der Waals surface area contributed by atoms with Crippen molar-refractivity contribution in [1.82, 2.24) is 15.5 Å². The minimum absolute atomic E-state index is 0.0296. The van der Waals surface area contributed by atoms with Crippen LogP contribution in [0, 0.1) is 0 Å². The number of furan rings is 1. The van der Waals surface area contributed by atoms with E-state index in [9.17, 15) is 22.8 Å². The topological polar surface area (TPSA) is 126 Å². The first-order valence-corrected chi connectivity index (χ1v) is 9.80. The molecule has 2 saturated heterocycles. The molecule has 2 aliphatic heterocycles. The monoisotopic (exact) mass is 369 g/mol. The van der Waals surface area contributed by atoms with E-state index in [-0.39, 0.29) is 42.8 Å². The van der Waals surface area contributed by atoms with Crippen molar-refractivity contribution in [3.05, 3.63) is 24.2 Å². The second kappa shape index (κ2) is 6.87. The molecule has 3 rings (SSSR count). The summed E-state index contributed by atoms with van der Waals surface area (Å²) < 4.78 is 27.9. The van der Waals surface area contributed by atoms with E-state index < -0.39 is 27.8 Å². The Labute approximate surface area is 144 Å². The van der Waals surface area contributed by atoms with Gasteiger partial charge < -0.3 is 15.1 Å². The predicted molar refractivity (Wildman–Crippen MR) is 86.0 cm³/mol. The van der Waals surface area contributed by atoms with Crippen LogP contribution in [-0.2, 0) is 26.0 Å². The number of urea groups is 1. The molecule has 0 spiro atoms. The highest BCUT2D eigenvalue weighted by Crippen LogP contribution is 2.16. The summed E-state index contributed by atoms with van der Waals surface area (Å²) in [5.74, 6) is -0.207. The normalized spacial score (nSPS) is 25.2. The van der Waals surface area contributed by atoms with E-state index in [4.69, 9.17) is 4.42 Å². The molecule has 2 atom stereocenters. The summed E-state index contributed by atoms with van der Waals surface area (Å²) in [4.78, 5) is 37.2. The Kier molecular flexibility index (Phi) is 4.80. The third-order valence-electron chi connectivity index (χ3n) is 4.26. The SMILES string of the molecule is O=C(CC[C@@H]1NC(=O)N(Cc2ccco2)C1=O)N[C@H]1CCS(=O)(=O)C1. The Hall–Kier alpha value is -2.36. The van der Waals surface area contributed by atoms with E-state index in [0.29, 0.717) is 12.2 Å². The molecule has 4 amide bonds. The standard InChI is InChI=1S/C15H19N3O6S/c19-13(16-10-5-7-25(22,23)9-10)4-3-12-14(20)18(15(21)17-12)8-11-2-1-6-24-11/h1-2,6,10,12H,3-5,7-9H2,(H,16,19)(H,17,21)/t10-,12-/m0/s1. The molecule has 1 aromatic rings. The quantitative estimate of drug-likeness (QED) is 0.668. The number of carbonyl (C=O) groups excluding carboxylic acids is 3. The molecule has 9 nitrogen and oxygen atoms in total. The molecule has 10 heteroatoms. The van der Waals surface area contributed by atoms with E-state index in [0.717, 1.165) is 4.90 Å². The zero-order valence-electron chi connectivity index (χ0n) is 13.4. The van der Waals surface area contributed by atoms with Gasteiger partial charge in [0.1, 0.15) is 11.8 Å². The number of hydrogen-bond donors (Lipinski definition) is 2. The highest BCUT2D eigenvalue weighted by atomic mass is 32.2. The molecule has 0 radical (unpaired) electrons. The minimum atomic E-state index is -3.06. The van der Waals surface area contributed by atoms with Gasteiger partial charge in [-0.2, -0.15) is 0 Å². The zero-order chi connectivity index (χ0) is 18.0. The van der Waals surface area contributed by atoms with Gasteiger partial charge >= 0.3 is 6.03 Å². The van der Waals surface area contributed by atoms with Gasteiger partial charge in [0.2, 0.25) is 5.91 Å². The summed E-state index contributed by atoms with van der Waals surface area (Å²) in [5.41, 5.74) is 0. The molecule has 0 saturated carbocycles. The van der Waals surface area contributed by atoms with Crippen LogP contribution in [-0.4, -0.2) is 54.8 Å². The Morgan fingerprint density at radius 1 is 1.40 bits per heavy atom. The third kappa shape index (κ3) is 4.19. The van der Waals surface area contributed by atoms with Crippen molar-refractivity contribution in [3.8, 4) is 0 Å². The van der Waals surface area contributed by atoms with E-state index in [1.54, 1.807) is 12.1 Å². The number of nitrogens with zero attached hydrogens (tertiary/aromatic N) is 1. The molecule has 136 valence electrons. The Morgan fingerprint density at radius 3 is 2.84 bits per heavy atom. The van der Waals surface area contributed by atoms with Gasteiger partial charge in [0.15, 0.2) is 9.84 Å². The van der Waals surface area contributed by atoms with E-state index in [1.165, 1.54) is 6.26 Å². The molecule has 0 aliphatic carbocycles. The summed E-state index contributed by atoms with van der Waals surface area (Å²) >= 11 is 0. The molecule has 1 aromatic heterocycles. The fourth-order valence-electron chi connectivity index (χ4n) is 2.96. The highest BCUT2D eigenvalue weighted by Gasteiger charge is 2.38. The minimum Gasteiger partial charge on any atom is -0.467 e. The highest BCUT2D eigenvalue weighted by molar-refractivity contribution is 7.91. The van der Waals surface area contributed by atoms with Gasteiger partial charge in [-0.25, -0.2) is 13.2 Å². The molecule has 3 heterocycles. The van der Waals surface area contributed by atoms with E-state index in [1.807, 2.05) is 0 Å². The van der Waals surface area contributed by atoms with Gasteiger partial charge in [-0.15, -0.1) is 0 Å². The predicted octanol–water partition coefficient (Wildman–Crippen LogP) is -0.216. The van der Waals surface area contributed by atoms with Crippen LogP contribution in [0.3, 0.4) is 0 Å². The fraction of sp³-hybridized carbons (Fsp3) is 0.533. The van der Waals surface area contributed by atoms with Crippen molar-refractivity contribution in [2.75, 3.05) is 11.5 Å². The first kappa shape index (κ1) is 17.5. The lowest BCUT2D eigenvalue weighted by molar-refractivity contribution is -0.128. The van der Waals surface area contributed by atoms with Crippen LogP contribution < -0.4 is 10.6 Å². The lowest BCUT2D eigenvalue weighted by Gasteiger charge is -2.13. The van der Waals surface area contributed by atoms with Crippen molar-refractivity contribution in [2.24, 2.45) is 0 Å². The lowest BCUT2D eigenvalue weighted by atomic mass is 10.1. The molecule has 2 N–H and O–H groups in total. The van der Waals surface area contributed by atoms with Crippen LogP contribution in [0.4, 0.5) is 4.79 Å². The number of imide groups is 1. The molecule has 0 unspecified atom stereocenters. The van der Waals surface area contributed by atoms with Crippen LogP contribution in [0.1, 0.15) is 25.0 Å². The Bertz CT molecular complexity index is 773. The number of nitrogens with one attached hydrogen (secondary N) is 2. The van der Waals surface area contributed by atoms with Crippen molar-refractivity contribution >= 4 is 27.7 Å². The van der Waals surface area contributed by atoms with Crippen LogP contribution in [0.5, 0.6) is 0 Å². The van der Waals surface area contributed by atoms with E-state index >= 15 is 0 Å². The van der Waals surface area contributed by atoms with Crippen molar-refractivity contribution in [3.63, 3.8) is 0 Å². The number of amides is 4. The first-order valence-electron chi connectivity index (χ1n) is 7.98. The summed E-state index contributed by atoms with van der Waals surface area (Å²) in [7, 11) is -3.06. The van der Waals surface area contributed by atoms with E-state index in [2.05, 4.69) is 10.6 Å². The summed E-state index contributed by atoms with van der Waals surface area (Å²) in [6.07, 6.45) is 2.05. The van der Waals surface area contributed by atoms with Crippen LogP contribution >= 0.6 is 0 Å². The Balaban J connectivity index is 1.47. The molecule has 25 heavy (non-hydrogen) atoms. The van der Waals surface area contributed by atoms with Gasteiger partial charge in [0, 0.05) is 12.5 Å². The third-order valence-corrected chi connectivity index (χ3v) is 6.03. The smallest absolute Gasteiger partial charge is 0.325 e. The van der Waals surface area contributed by atoms with Crippen molar-refractivity contribution in [2.45, 2.75) is 37.9 Å². The number of carbonyl (C=O) groups is 3. The van der Waals surface area contributed by atoms with Gasteiger partial charge in [-0.05, 0) is 25.0 Å². The van der Waals surface area contributed by atoms with Crippen LogP contribution in [0.25, 0.3) is 0 Å². The van der Waals surface area contributed by atoms with Gasteiger partial charge in [-0.3, -0.25) is 14.5 Å². The number of sulfone groups is 1. The molecule has 0 bridgehead atoms. The maximum Gasteiger partial charge on any atom is 0.325 e. The molecule has 2 fully saturated rings. The summed E-state index contributed by atoms with van der Waals surface area (Å²) in [6, 6.07) is 1.67. The average molecular weight is 369 g/mol. The summed E-state index contributed by atoms with van der Waals surface area (Å²) in [5, 5.41) is 5.21. The number of hydrogen-bond acceptors (Lipinski definition) is 6.